The Labute approximate surface area is 169 Å². The van der Waals surface area contributed by atoms with Crippen LogP contribution in [0.1, 0.15) is 34.9 Å². The number of oxazole rings is 1. The number of rotatable bonds is 5. The number of aliphatic hydroxyl groups excluding tert-OH is 1. The molecule has 3 aromatic rings. The minimum absolute atomic E-state index is 0.0405. The Kier molecular flexibility index (Phi) is 5.92. The average Bonchev–Trinajstić information content (AvgIpc) is 3.08. The number of nitrogens with one attached hydrogen (secondary N) is 1. The number of hydrogen-bond donors (Lipinski definition) is 3. The number of carbonyl (C=O) groups is 1. The van der Waals surface area contributed by atoms with Crippen molar-refractivity contribution in [2.75, 3.05) is 0 Å². The highest BCUT2D eigenvalue weighted by molar-refractivity contribution is 6.34. The molecule has 0 aliphatic carbocycles. The summed E-state index contributed by atoms with van der Waals surface area (Å²) in [5.74, 6) is 0.0405. The third-order valence-electron chi connectivity index (χ3n) is 3.74. The first-order valence-electron chi connectivity index (χ1n) is 7.68. The second-order valence-electron chi connectivity index (χ2n) is 5.65. The van der Waals surface area contributed by atoms with Gasteiger partial charge in [-0.1, -0.05) is 46.9 Å². The molecule has 6 nitrogen and oxygen atoms in total. The molecule has 27 heavy (non-hydrogen) atoms. The number of aliphatic hydroxyl groups is 1. The Morgan fingerprint density at radius 3 is 2.22 bits per heavy atom. The third-order valence-corrected chi connectivity index (χ3v) is 4.43. The van der Waals surface area contributed by atoms with Gasteiger partial charge in [-0.2, -0.15) is 0 Å². The molecule has 1 aromatic heterocycles. The Bertz CT molecular complexity index is 939. The molecule has 3 rings (SSSR count). The largest absolute Gasteiger partial charge is 0.465 e. The quantitative estimate of drug-likeness (QED) is 0.528. The van der Waals surface area contributed by atoms with Crippen molar-refractivity contribution in [3.05, 3.63) is 86.5 Å². The van der Waals surface area contributed by atoms with E-state index in [9.17, 15) is 9.90 Å². The molecule has 0 aliphatic heterocycles. The molecule has 1 heterocycles. The predicted octanol–water partition coefficient (Wildman–Crippen LogP) is 5.07. The van der Waals surface area contributed by atoms with Gasteiger partial charge in [-0.3, -0.25) is 0 Å². The highest BCUT2D eigenvalue weighted by atomic mass is 35.5. The molecule has 1 amide bonds. The lowest BCUT2D eigenvalue weighted by Crippen LogP contribution is -2.28. The van der Waals surface area contributed by atoms with Gasteiger partial charge in [-0.15, -0.1) is 0 Å². The molecular weight excluding hydrogens is 415 g/mol. The normalized spacial score (nSPS) is 13.2. The van der Waals surface area contributed by atoms with Crippen LogP contribution in [0.4, 0.5) is 4.79 Å². The minimum Gasteiger partial charge on any atom is -0.465 e. The molecule has 2 aromatic carbocycles. The molecule has 3 N–H and O–H groups in total. The van der Waals surface area contributed by atoms with E-state index in [2.05, 4.69) is 10.3 Å². The fourth-order valence-corrected chi connectivity index (χ4v) is 3.20. The van der Waals surface area contributed by atoms with Crippen LogP contribution in [0.25, 0.3) is 0 Å². The van der Waals surface area contributed by atoms with Crippen LogP contribution in [0.3, 0.4) is 0 Å². The summed E-state index contributed by atoms with van der Waals surface area (Å²) in [5.41, 5.74) is 1.23. The van der Waals surface area contributed by atoms with E-state index in [1.165, 1.54) is 12.3 Å². The number of carboxylic acid groups (broad SMARTS) is 1. The molecule has 0 fully saturated rings. The van der Waals surface area contributed by atoms with Crippen LogP contribution in [-0.4, -0.2) is 21.3 Å². The number of nitrogens with zero attached hydrogens (tertiary/aromatic N) is 1. The van der Waals surface area contributed by atoms with Crippen LogP contribution in [0.2, 0.25) is 15.1 Å². The van der Waals surface area contributed by atoms with Crippen LogP contribution in [0.15, 0.2) is 53.1 Å². The smallest absolute Gasteiger partial charge is 0.405 e. The maximum Gasteiger partial charge on any atom is 0.405 e. The zero-order valence-electron chi connectivity index (χ0n) is 13.6. The van der Waals surface area contributed by atoms with Crippen molar-refractivity contribution in [3.63, 3.8) is 0 Å². The maximum atomic E-state index is 11.2. The molecule has 0 bridgehead atoms. The summed E-state index contributed by atoms with van der Waals surface area (Å²) in [6, 6.07) is 10.3. The first-order valence-corrected chi connectivity index (χ1v) is 8.81. The van der Waals surface area contributed by atoms with E-state index >= 15 is 0 Å². The van der Waals surface area contributed by atoms with E-state index in [1.54, 1.807) is 36.4 Å². The van der Waals surface area contributed by atoms with E-state index in [-0.39, 0.29) is 11.6 Å². The topological polar surface area (TPSA) is 95.6 Å². The number of amides is 1. The summed E-state index contributed by atoms with van der Waals surface area (Å²) >= 11 is 17.9. The molecule has 0 saturated heterocycles. The van der Waals surface area contributed by atoms with Gasteiger partial charge in [0, 0.05) is 15.1 Å². The van der Waals surface area contributed by atoms with Crippen LogP contribution < -0.4 is 5.32 Å². The van der Waals surface area contributed by atoms with Crippen molar-refractivity contribution in [3.8, 4) is 0 Å². The van der Waals surface area contributed by atoms with E-state index < -0.39 is 18.2 Å². The molecule has 2 unspecified atom stereocenters. The summed E-state index contributed by atoms with van der Waals surface area (Å²) in [7, 11) is 0. The Morgan fingerprint density at radius 2 is 1.63 bits per heavy atom. The zero-order valence-corrected chi connectivity index (χ0v) is 15.8. The number of hydrogen-bond acceptors (Lipinski definition) is 4. The first-order chi connectivity index (χ1) is 12.8. The van der Waals surface area contributed by atoms with Gasteiger partial charge in [-0.05, 0) is 41.5 Å². The van der Waals surface area contributed by atoms with E-state index in [0.717, 1.165) is 0 Å². The fourth-order valence-electron chi connectivity index (χ4n) is 2.53. The second kappa shape index (κ2) is 8.19. The first kappa shape index (κ1) is 19.5. The summed E-state index contributed by atoms with van der Waals surface area (Å²) < 4.78 is 5.42. The fraction of sp³-hybridized carbons (Fsp3) is 0.111. The van der Waals surface area contributed by atoms with E-state index in [0.29, 0.717) is 26.2 Å². The number of halogens is 3. The summed E-state index contributed by atoms with van der Waals surface area (Å²) in [4.78, 5) is 15.4. The van der Waals surface area contributed by atoms with Crippen LogP contribution in [0, 0.1) is 0 Å². The van der Waals surface area contributed by atoms with Crippen molar-refractivity contribution < 1.29 is 19.4 Å². The maximum absolute atomic E-state index is 11.2. The van der Waals surface area contributed by atoms with Gasteiger partial charge >= 0.3 is 6.09 Å². The van der Waals surface area contributed by atoms with Crippen LogP contribution in [0.5, 0.6) is 0 Å². The monoisotopic (exact) mass is 426 g/mol. The Hall–Kier alpha value is -2.25. The van der Waals surface area contributed by atoms with Gasteiger partial charge < -0.3 is 19.9 Å². The van der Waals surface area contributed by atoms with Gasteiger partial charge in [0.05, 0.1) is 0 Å². The Balaban J connectivity index is 1.94. The summed E-state index contributed by atoms with van der Waals surface area (Å²) in [5, 5.41) is 23.2. The lowest BCUT2D eigenvalue weighted by molar-refractivity contribution is 0.190. The molecule has 0 saturated carbocycles. The molecule has 140 valence electrons. The van der Waals surface area contributed by atoms with Gasteiger partial charge in [0.1, 0.15) is 24.1 Å². The van der Waals surface area contributed by atoms with E-state index in [4.69, 9.17) is 44.3 Å². The number of benzene rings is 2. The molecule has 0 spiro atoms. The SMILES string of the molecule is O=C(O)NC(c1cc(Cl)cc(Cl)c1)c1nc(C(O)c2ccc(Cl)cc2)co1. The van der Waals surface area contributed by atoms with Crippen molar-refractivity contribution in [1.82, 2.24) is 10.3 Å². The van der Waals surface area contributed by atoms with E-state index in [1.807, 2.05) is 0 Å². The van der Waals surface area contributed by atoms with Gasteiger partial charge in [0.2, 0.25) is 5.89 Å². The lowest BCUT2D eigenvalue weighted by Gasteiger charge is -2.15. The predicted molar refractivity (Wildman–Crippen MR) is 101 cm³/mol. The van der Waals surface area contributed by atoms with Gasteiger partial charge in [0.15, 0.2) is 0 Å². The third kappa shape index (κ3) is 4.73. The van der Waals surface area contributed by atoms with Crippen molar-refractivity contribution in [2.45, 2.75) is 12.1 Å². The molecule has 9 heteroatoms. The highest BCUT2D eigenvalue weighted by Crippen LogP contribution is 2.30. The van der Waals surface area contributed by atoms with Crippen molar-refractivity contribution >= 4 is 40.9 Å². The molecular formula is C18H13Cl3N2O4. The lowest BCUT2D eigenvalue weighted by atomic mass is 10.1. The summed E-state index contributed by atoms with van der Waals surface area (Å²) in [6.07, 6.45) is -1.08. The van der Waals surface area contributed by atoms with Crippen molar-refractivity contribution in [2.24, 2.45) is 0 Å². The number of aromatic nitrogens is 1. The minimum atomic E-state index is -1.28. The molecule has 0 radical (unpaired) electrons. The summed E-state index contributed by atoms with van der Waals surface area (Å²) in [6.45, 7) is 0. The molecule has 0 aliphatic rings. The van der Waals surface area contributed by atoms with Gasteiger partial charge in [-0.25, -0.2) is 9.78 Å². The standard InChI is InChI=1S/C18H13Cl3N2O4/c19-11-3-1-9(2-4-11)16(24)14-8-27-17(22-14)15(23-18(25)26)10-5-12(20)7-13(21)6-10/h1-8,15-16,23-24H,(H,25,26). The molecule has 2 atom stereocenters. The Morgan fingerprint density at radius 1 is 1.00 bits per heavy atom. The zero-order chi connectivity index (χ0) is 19.6. The van der Waals surface area contributed by atoms with Gasteiger partial charge in [0.25, 0.3) is 0 Å². The van der Waals surface area contributed by atoms with Crippen LogP contribution in [-0.2, 0) is 0 Å². The highest BCUT2D eigenvalue weighted by Gasteiger charge is 2.25. The second-order valence-corrected chi connectivity index (χ2v) is 6.96. The van der Waals surface area contributed by atoms with Crippen molar-refractivity contribution in [1.29, 1.82) is 0 Å². The van der Waals surface area contributed by atoms with Crippen LogP contribution >= 0.6 is 34.8 Å². The average molecular weight is 428 g/mol.